The largest absolute Gasteiger partial charge is 0.309 e. The van der Waals surface area contributed by atoms with Gasteiger partial charge in [-0.25, -0.2) is 0 Å². The van der Waals surface area contributed by atoms with Gasteiger partial charge >= 0.3 is 0 Å². The molecule has 0 unspecified atom stereocenters. The monoisotopic (exact) mass is 857 g/mol. The number of nitrogens with zero attached hydrogens (tertiary/aromatic N) is 3. The summed E-state index contributed by atoms with van der Waals surface area (Å²) in [7, 11) is 0. The molecule has 0 aliphatic heterocycles. The van der Waals surface area contributed by atoms with Gasteiger partial charge in [-0.15, -0.1) is 0 Å². The van der Waals surface area contributed by atoms with Crippen LogP contribution < -0.4 is 0 Å². The molecule has 318 valence electrons. The van der Waals surface area contributed by atoms with Crippen molar-refractivity contribution in [1.29, 1.82) is 0 Å². The number of hydrogen-bond donors (Lipinski definition) is 0. The summed E-state index contributed by atoms with van der Waals surface area (Å²) in [6.07, 6.45) is 0. The van der Waals surface area contributed by atoms with Crippen LogP contribution in [0.25, 0.3) is 136 Å². The summed E-state index contributed by atoms with van der Waals surface area (Å²) in [4.78, 5) is 0. The first-order valence-electron chi connectivity index (χ1n) is 23.8. The maximum atomic E-state index is 2.66. The van der Waals surface area contributed by atoms with E-state index in [9.17, 15) is 0 Å². The highest BCUT2D eigenvalue weighted by molar-refractivity contribution is 6.33. The van der Waals surface area contributed by atoms with Gasteiger partial charge in [0.25, 0.3) is 0 Å². The third-order valence-corrected chi connectivity index (χ3v) is 15.5. The van der Waals surface area contributed by atoms with Crippen LogP contribution >= 0.6 is 0 Å². The van der Waals surface area contributed by atoms with Crippen molar-refractivity contribution in [3.8, 4) is 16.8 Å². The average Bonchev–Trinajstić information content (AvgIpc) is 4.12. The molecular formula is C64H47N3. The van der Waals surface area contributed by atoms with Gasteiger partial charge in [0, 0.05) is 65.1 Å². The third-order valence-electron chi connectivity index (χ3n) is 15.5. The molecule has 0 N–H and O–H groups in total. The number of rotatable bonds is 2. The highest BCUT2D eigenvalue weighted by atomic mass is 15.0. The van der Waals surface area contributed by atoms with Gasteiger partial charge in [0.1, 0.15) is 0 Å². The van der Waals surface area contributed by atoms with E-state index in [1.807, 2.05) is 0 Å². The van der Waals surface area contributed by atoms with Crippen LogP contribution in [0.2, 0.25) is 0 Å². The van der Waals surface area contributed by atoms with Gasteiger partial charge in [-0.3, -0.25) is 0 Å². The van der Waals surface area contributed by atoms with E-state index in [2.05, 4.69) is 231 Å². The number of aromatic nitrogens is 3. The summed E-state index contributed by atoms with van der Waals surface area (Å²) in [6.45, 7) is 14.1. The highest BCUT2D eigenvalue weighted by Crippen LogP contribution is 2.50. The fourth-order valence-corrected chi connectivity index (χ4v) is 12.3. The molecule has 0 spiro atoms. The standard InChI is InChI=1S/C64H47N3/c1-63(2,3)39-30-49-47-34-56-46(50-31-40(64(4,5)6)33-52-59-42-20-12-10-16-36(42)24-27-55(59)66(56)61(50)52)35-57(47)67-60(49)51(32-39)48-28-37-17-11-13-21-43(37)58(62(48)67)38-25-26-54-45(29-38)44-22-14-15-23-53(44)65(54)41-18-8-7-9-19-41/h7-35H,1-6H3. The van der Waals surface area contributed by atoms with Crippen LogP contribution in [0, 0.1) is 0 Å². The van der Waals surface area contributed by atoms with Gasteiger partial charge < -0.3 is 13.4 Å². The van der Waals surface area contributed by atoms with Gasteiger partial charge in [-0.2, -0.15) is 0 Å². The Kier molecular flexibility index (Phi) is 6.97. The predicted molar refractivity (Wildman–Crippen MR) is 288 cm³/mol. The van der Waals surface area contributed by atoms with E-state index in [-0.39, 0.29) is 10.8 Å². The van der Waals surface area contributed by atoms with Crippen molar-refractivity contribution in [2.24, 2.45) is 0 Å². The molecule has 0 aliphatic rings. The highest BCUT2D eigenvalue weighted by Gasteiger charge is 2.29. The molecule has 0 bridgehead atoms. The van der Waals surface area contributed by atoms with E-state index >= 15 is 0 Å². The number of hydrogen-bond acceptors (Lipinski definition) is 0. The topological polar surface area (TPSA) is 13.8 Å². The second kappa shape index (κ2) is 12.5. The Morgan fingerprint density at radius 3 is 1.55 bits per heavy atom. The zero-order valence-corrected chi connectivity index (χ0v) is 38.6. The maximum Gasteiger partial charge on any atom is 0.0626 e. The summed E-state index contributed by atoms with van der Waals surface area (Å²) in [5.74, 6) is 0. The molecule has 0 saturated heterocycles. The molecule has 0 atom stereocenters. The second-order valence-electron chi connectivity index (χ2n) is 21.4. The lowest BCUT2D eigenvalue weighted by Crippen LogP contribution is -2.10. The van der Waals surface area contributed by atoms with Crippen molar-refractivity contribution >= 4 is 120 Å². The van der Waals surface area contributed by atoms with E-state index < -0.39 is 0 Å². The van der Waals surface area contributed by atoms with Crippen LogP contribution in [0.5, 0.6) is 0 Å². The van der Waals surface area contributed by atoms with E-state index in [0.717, 1.165) is 0 Å². The molecule has 5 aromatic heterocycles. The molecule has 10 aromatic carbocycles. The Labute approximate surface area is 387 Å². The van der Waals surface area contributed by atoms with E-state index in [1.54, 1.807) is 0 Å². The van der Waals surface area contributed by atoms with Gasteiger partial charge in [-0.05, 0) is 128 Å². The first-order chi connectivity index (χ1) is 32.5. The predicted octanol–water partition coefficient (Wildman–Crippen LogP) is 17.7. The Morgan fingerprint density at radius 2 is 0.836 bits per heavy atom. The van der Waals surface area contributed by atoms with Crippen LogP contribution in [0.3, 0.4) is 0 Å². The third kappa shape index (κ3) is 4.81. The quantitative estimate of drug-likeness (QED) is 0.164. The van der Waals surface area contributed by atoms with Crippen molar-refractivity contribution in [3.63, 3.8) is 0 Å². The molecule has 15 rings (SSSR count). The lowest BCUT2D eigenvalue weighted by atomic mass is 9.84. The van der Waals surface area contributed by atoms with Crippen LogP contribution in [0.1, 0.15) is 52.7 Å². The van der Waals surface area contributed by atoms with Crippen molar-refractivity contribution in [2.45, 2.75) is 52.4 Å². The van der Waals surface area contributed by atoms with Crippen molar-refractivity contribution in [2.75, 3.05) is 0 Å². The van der Waals surface area contributed by atoms with Crippen LogP contribution in [0.15, 0.2) is 176 Å². The Bertz CT molecular complexity index is 4620. The zero-order chi connectivity index (χ0) is 44.8. The van der Waals surface area contributed by atoms with Crippen LogP contribution in [0.4, 0.5) is 0 Å². The fraction of sp³-hybridized carbons (Fsp3) is 0.125. The summed E-state index contributed by atoms with van der Waals surface area (Å²) in [5, 5.41) is 18.2. The van der Waals surface area contributed by atoms with Gasteiger partial charge in [0.2, 0.25) is 0 Å². The number of benzene rings is 10. The van der Waals surface area contributed by atoms with Crippen molar-refractivity contribution in [3.05, 3.63) is 187 Å². The Hall–Kier alpha value is -7.88. The fourth-order valence-electron chi connectivity index (χ4n) is 12.3. The minimum atomic E-state index is -0.0558. The SMILES string of the molecule is CC(C)(C)c1cc2c3cc4c(cc3n3c5ccc6ccccc6c5c(c1)c23)c1cc(C(C)(C)C)cc2c3cc5ccccc5c(-c5ccc6c(c5)c5ccccc5n6-c5ccccc5)c3n4c12. The van der Waals surface area contributed by atoms with Crippen molar-refractivity contribution < 1.29 is 0 Å². The first-order valence-corrected chi connectivity index (χ1v) is 23.8. The van der Waals surface area contributed by atoms with Crippen molar-refractivity contribution in [1.82, 2.24) is 13.4 Å². The van der Waals surface area contributed by atoms with E-state index in [1.165, 1.54) is 147 Å². The summed E-state index contributed by atoms with van der Waals surface area (Å²) in [5.41, 5.74) is 16.4. The normalized spacial score (nSPS) is 13.2. The Morgan fingerprint density at radius 1 is 0.313 bits per heavy atom. The molecule has 67 heavy (non-hydrogen) atoms. The summed E-state index contributed by atoms with van der Waals surface area (Å²) in [6, 6.07) is 67.1. The van der Waals surface area contributed by atoms with Gasteiger partial charge in [0.15, 0.2) is 0 Å². The number of para-hydroxylation sites is 2. The molecule has 15 aromatic rings. The summed E-state index contributed by atoms with van der Waals surface area (Å²) >= 11 is 0. The molecule has 0 amide bonds. The molecule has 3 nitrogen and oxygen atoms in total. The lowest BCUT2D eigenvalue weighted by Gasteiger charge is -2.19. The smallest absolute Gasteiger partial charge is 0.0626 e. The summed E-state index contributed by atoms with van der Waals surface area (Å²) < 4.78 is 7.67. The van der Waals surface area contributed by atoms with E-state index in [4.69, 9.17) is 0 Å². The van der Waals surface area contributed by atoms with Crippen LogP contribution in [-0.4, -0.2) is 13.4 Å². The molecule has 0 radical (unpaired) electrons. The lowest BCUT2D eigenvalue weighted by molar-refractivity contribution is 0.591. The average molecular weight is 858 g/mol. The molecule has 0 fully saturated rings. The zero-order valence-electron chi connectivity index (χ0n) is 38.6. The van der Waals surface area contributed by atoms with Gasteiger partial charge in [-0.1, -0.05) is 139 Å². The number of fused-ring (bicyclic) bond motifs is 18. The molecule has 0 saturated carbocycles. The minimum absolute atomic E-state index is 0.0317. The van der Waals surface area contributed by atoms with E-state index in [0.29, 0.717) is 0 Å². The van der Waals surface area contributed by atoms with Crippen LogP contribution in [-0.2, 0) is 10.8 Å². The molecule has 3 heteroatoms. The first kappa shape index (κ1) is 37.4. The molecular weight excluding hydrogens is 811 g/mol. The minimum Gasteiger partial charge on any atom is -0.309 e. The molecule has 0 aliphatic carbocycles. The van der Waals surface area contributed by atoms with Gasteiger partial charge in [0.05, 0.1) is 44.1 Å². The Balaban J connectivity index is 1.13. The maximum absolute atomic E-state index is 2.66. The second-order valence-corrected chi connectivity index (χ2v) is 21.4. The molecule has 5 heterocycles.